The lowest BCUT2D eigenvalue weighted by Crippen LogP contribution is -2.32. The fourth-order valence-corrected chi connectivity index (χ4v) is 0.965. The first-order valence-electron chi connectivity index (χ1n) is 4.70. The summed E-state index contributed by atoms with van der Waals surface area (Å²) in [5.74, 6) is 0.281. The summed E-state index contributed by atoms with van der Waals surface area (Å²) in [5.41, 5.74) is 6.39. The second-order valence-electron chi connectivity index (χ2n) is 3.57. The third-order valence-corrected chi connectivity index (χ3v) is 1.93. The topological polar surface area (TPSA) is 71.2 Å². The Morgan fingerprint density at radius 1 is 1.41 bits per heavy atom. The van der Waals surface area contributed by atoms with Crippen LogP contribution in [0.4, 0.5) is 11.5 Å². The highest BCUT2D eigenvalue weighted by Crippen LogP contribution is 2.11. The van der Waals surface area contributed by atoms with E-state index in [9.17, 15) is 4.79 Å². The average molecular weight is 281 g/mol. The van der Waals surface area contributed by atoms with Gasteiger partial charge < -0.3 is 16.0 Å². The molecule has 1 aromatic heterocycles. The van der Waals surface area contributed by atoms with Crippen molar-refractivity contribution in [1.82, 2.24) is 4.98 Å². The number of carbonyl (C=O) groups excluding carboxylic acids is 1. The zero-order valence-electron chi connectivity index (χ0n) is 10.0. The van der Waals surface area contributed by atoms with Gasteiger partial charge in [0.1, 0.15) is 5.82 Å². The average Bonchev–Trinajstić information content (AvgIpc) is 2.18. The third kappa shape index (κ3) is 5.72. The Morgan fingerprint density at radius 2 is 2.00 bits per heavy atom. The van der Waals surface area contributed by atoms with E-state index in [2.05, 4.69) is 10.3 Å². The number of nitrogens with zero attached hydrogens (tertiary/aromatic N) is 2. The van der Waals surface area contributed by atoms with E-state index in [1.165, 1.54) is 0 Å². The van der Waals surface area contributed by atoms with Gasteiger partial charge in [0.05, 0.1) is 17.9 Å². The van der Waals surface area contributed by atoms with Crippen LogP contribution in [0.3, 0.4) is 0 Å². The summed E-state index contributed by atoms with van der Waals surface area (Å²) in [6, 6.07) is 3.10. The van der Waals surface area contributed by atoms with E-state index in [-0.39, 0.29) is 30.7 Å². The predicted molar refractivity (Wildman–Crippen MR) is 75.3 cm³/mol. The highest BCUT2D eigenvalue weighted by molar-refractivity contribution is 5.93. The molecule has 1 heterocycles. The molecule has 0 aliphatic carbocycles. The van der Waals surface area contributed by atoms with Crippen LogP contribution >= 0.6 is 24.8 Å². The molecule has 0 bridgehead atoms. The van der Waals surface area contributed by atoms with Gasteiger partial charge >= 0.3 is 0 Å². The molecule has 0 aromatic carbocycles. The van der Waals surface area contributed by atoms with Gasteiger partial charge in [-0.3, -0.25) is 4.79 Å². The van der Waals surface area contributed by atoms with Crippen molar-refractivity contribution >= 4 is 42.2 Å². The summed E-state index contributed by atoms with van der Waals surface area (Å²) in [4.78, 5) is 17.3. The standard InChI is InChI=1S/C10H16N4O.2ClH/c1-7(11)10(15)13-9-5-4-8(6-12-9)14(2)3;;/h4-7H,11H2,1-3H3,(H,12,13,15);2*1H/t7-;;/m1../s1. The quantitative estimate of drug-likeness (QED) is 0.875. The van der Waals surface area contributed by atoms with Crippen LogP contribution in [-0.4, -0.2) is 31.0 Å². The van der Waals surface area contributed by atoms with Crippen molar-refractivity contribution in [2.75, 3.05) is 24.3 Å². The van der Waals surface area contributed by atoms with Gasteiger partial charge in [0.15, 0.2) is 0 Å². The van der Waals surface area contributed by atoms with Crippen LogP contribution < -0.4 is 16.0 Å². The smallest absolute Gasteiger partial charge is 0.242 e. The summed E-state index contributed by atoms with van der Waals surface area (Å²) in [5, 5.41) is 2.61. The number of rotatable bonds is 3. The normalized spacial score (nSPS) is 10.6. The lowest BCUT2D eigenvalue weighted by atomic mass is 10.3. The Labute approximate surface area is 114 Å². The first-order chi connectivity index (χ1) is 7.00. The van der Waals surface area contributed by atoms with E-state index in [1.807, 2.05) is 25.1 Å². The van der Waals surface area contributed by atoms with E-state index in [0.29, 0.717) is 5.82 Å². The van der Waals surface area contributed by atoms with E-state index in [4.69, 9.17) is 5.73 Å². The summed E-state index contributed by atoms with van der Waals surface area (Å²) in [7, 11) is 3.86. The van der Waals surface area contributed by atoms with Gasteiger partial charge in [-0.15, -0.1) is 24.8 Å². The Balaban J connectivity index is 0. The molecule has 0 aliphatic heterocycles. The van der Waals surface area contributed by atoms with Gasteiger partial charge in [0, 0.05) is 14.1 Å². The molecule has 5 nitrogen and oxygen atoms in total. The maximum atomic E-state index is 11.2. The first kappa shape index (κ1) is 18.3. The van der Waals surface area contributed by atoms with Gasteiger partial charge in [0.25, 0.3) is 0 Å². The van der Waals surface area contributed by atoms with Gasteiger partial charge in [-0.2, -0.15) is 0 Å². The zero-order chi connectivity index (χ0) is 11.4. The molecule has 1 atom stereocenters. The molecule has 0 fully saturated rings. The predicted octanol–water partition coefficient (Wildman–Crippen LogP) is 1.28. The Hall–Kier alpha value is -1.04. The number of halogens is 2. The second-order valence-corrected chi connectivity index (χ2v) is 3.57. The lowest BCUT2D eigenvalue weighted by Gasteiger charge is -2.12. The maximum absolute atomic E-state index is 11.2. The summed E-state index contributed by atoms with van der Waals surface area (Å²) in [6.45, 7) is 1.63. The van der Waals surface area contributed by atoms with Gasteiger partial charge in [-0.05, 0) is 19.1 Å². The number of hydrogen-bond acceptors (Lipinski definition) is 4. The van der Waals surface area contributed by atoms with E-state index >= 15 is 0 Å². The number of aromatic nitrogens is 1. The van der Waals surface area contributed by atoms with Crippen LogP contribution in [0.25, 0.3) is 0 Å². The molecular formula is C10H18Cl2N4O. The van der Waals surface area contributed by atoms with Crippen molar-refractivity contribution in [1.29, 1.82) is 0 Å². The fraction of sp³-hybridized carbons (Fsp3) is 0.400. The molecule has 1 amide bonds. The molecule has 17 heavy (non-hydrogen) atoms. The minimum Gasteiger partial charge on any atom is -0.376 e. The molecule has 0 saturated carbocycles. The van der Waals surface area contributed by atoms with Crippen molar-refractivity contribution in [2.24, 2.45) is 5.73 Å². The summed E-state index contributed by atoms with van der Waals surface area (Å²) >= 11 is 0. The highest BCUT2D eigenvalue weighted by atomic mass is 35.5. The largest absolute Gasteiger partial charge is 0.376 e. The maximum Gasteiger partial charge on any atom is 0.242 e. The Kier molecular flexibility index (Phi) is 8.74. The molecule has 0 radical (unpaired) electrons. The van der Waals surface area contributed by atoms with Crippen molar-refractivity contribution in [3.8, 4) is 0 Å². The number of anilines is 2. The van der Waals surface area contributed by atoms with Crippen LogP contribution in [0.15, 0.2) is 18.3 Å². The van der Waals surface area contributed by atoms with Gasteiger partial charge in [-0.1, -0.05) is 0 Å². The van der Waals surface area contributed by atoms with Crippen molar-refractivity contribution in [3.05, 3.63) is 18.3 Å². The minimum atomic E-state index is -0.527. The molecule has 0 unspecified atom stereocenters. The minimum absolute atomic E-state index is 0. The van der Waals surface area contributed by atoms with Crippen molar-refractivity contribution < 1.29 is 4.79 Å². The van der Waals surface area contributed by atoms with E-state index in [1.54, 1.807) is 19.2 Å². The molecule has 1 aromatic rings. The number of nitrogens with two attached hydrogens (primary N) is 1. The van der Waals surface area contributed by atoms with Crippen LogP contribution in [-0.2, 0) is 4.79 Å². The molecule has 7 heteroatoms. The fourth-order valence-electron chi connectivity index (χ4n) is 0.965. The molecule has 0 spiro atoms. The van der Waals surface area contributed by atoms with Gasteiger partial charge in [0.2, 0.25) is 5.91 Å². The zero-order valence-corrected chi connectivity index (χ0v) is 11.6. The first-order valence-corrected chi connectivity index (χ1v) is 4.70. The molecule has 0 saturated heterocycles. The molecule has 98 valence electrons. The van der Waals surface area contributed by atoms with Crippen LogP contribution in [0.1, 0.15) is 6.92 Å². The Bertz CT molecular complexity index is 341. The summed E-state index contributed by atoms with van der Waals surface area (Å²) in [6.07, 6.45) is 1.69. The SMILES string of the molecule is C[C@@H](N)C(=O)Nc1ccc(N(C)C)cn1.Cl.Cl. The number of hydrogen-bond donors (Lipinski definition) is 2. The van der Waals surface area contributed by atoms with Crippen LogP contribution in [0.5, 0.6) is 0 Å². The number of pyridine rings is 1. The summed E-state index contributed by atoms with van der Waals surface area (Å²) < 4.78 is 0. The highest BCUT2D eigenvalue weighted by Gasteiger charge is 2.07. The van der Waals surface area contributed by atoms with Gasteiger partial charge in [-0.25, -0.2) is 4.98 Å². The molecule has 0 aliphatic rings. The Morgan fingerprint density at radius 3 is 2.35 bits per heavy atom. The number of nitrogens with one attached hydrogen (secondary N) is 1. The number of carbonyl (C=O) groups is 1. The monoisotopic (exact) mass is 280 g/mol. The lowest BCUT2D eigenvalue weighted by molar-refractivity contribution is -0.117. The van der Waals surface area contributed by atoms with E-state index < -0.39 is 6.04 Å². The van der Waals surface area contributed by atoms with Crippen molar-refractivity contribution in [2.45, 2.75) is 13.0 Å². The molecule has 3 N–H and O–H groups in total. The molecular weight excluding hydrogens is 263 g/mol. The van der Waals surface area contributed by atoms with Crippen LogP contribution in [0, 0.1) is 0 Å². The second kappa shape index (κ2) is 8.11. The van der Waals surface area contributed by atoms with E-state index in [0.717, 1.165) is 5.69 Å². The number of amides is 1. The molecule has 1 rings (SSSR count). The van der Waals surface area contributed by atoms with Crippen LogP contribution in [0.2, 0.25) is 0 Å². The third-order valence-electron chi connectivity index (χ3n) is 1.93. The van der Waals surface area contributed by atoms with Crippen molar-refractivity contribution in [3.63, 3.8) is 0 Å².